The minimum Gasteiger partial charge on any atom is -0.373 e. The molecule has 2 rings (SSSR count). The van der Waals surface area contributed by atoms with Crippen molar-refractivity contribution in [2.45, 2.75) is 31.5 Å². The van der Waals surface area contributed by atoms with E-state index in [0.717, 1.165) is 26.0 Å². The van der Waals surface area contributed by atoms with E-state index in [-0.39, 0.29) is 17.6 Å². The van der Waals surface area contributed by atoms with Crippen LogP contribution in [0.3, 0.4) is 0 Å². The van der Waals surface area contributed by atoms with Crippen LogP contribution in [0.1, 0.15) is 19.8 Å². The summed E-state index contributed by atoms with van der Waals surface area (Å²) in [7, 11) is 0. The van der Waals surface area contributed by atoms with Crippen molar-refractivity contribution >= 4 is 5.91 Å². The van der Waals surface area contributed by atoms with Gasteiger partial charge < -0.3 is 20.1 Å². The molecule has 5 nitrogen and oxygen atoms in total. The molecule has 2 saturated heterocycles. The second-order valence-electron chi connectivity index (χ2n) is 4.68. The first-order valence-electron chi connectivity index (χ1n) is 5.94. The minimum absolute atomic E-state index is 0.0380. The van der Waals surface area contributed by atoms with E-state index < -0.39 is 0 Å². The van der Waals surface area contributed by atoms with Crippen molar-refractivity contribution in [3.05, 3.63) is 0 Å². The number of rotatable bonds is 3. The molecule has 16 heavy (non-hydrogen) atoms. The number of morpholine rings is 1. The number of nitrogens with one attached hydrogen (secondary N) is 2. The molecule has 2 heterocycles. The standard InChI is InChI=1S/C11H20N2O3/c1-11(3-2-5-16-11)8-13-10(14)9-7-12-4-6-15-9/h9,12H,2-8H2,1H3,(H,13,14). The first-order valence-corrected chi connectivity index (χ1v) is 5.94. The quantitative estimate of drug-likeness (QED) is 0.694. The molecular formula is C11H20N2O3. The van der Waals surface area contributed by atoms with Crippen LogP contribution in [0.15, 0.2) is 0 Å². The van der Waals surface area contributed by atoms with Gasteiger partial charge in [0.1, 0.15) is 6.10 Å². The summed E-state index contributed by atoms with van der Waals surface area (Å²) in [5.74, 6) is -0.0380. The van der Waals surface area contributed by atoms with Gasteiger partial charge in [-0.2, -0.15) is 0 Å². The summed E-state index contributed by atoms with van der Waals surface area (Å²) >= 11 is 0. The van der Waals surface area contributed by atoms with Gasteiger partial charge >= 0.3 is 0 Å². The highest BCUT2D eigenvalue weighted by molar-refractivity contribution is 5.81. The normalized spacial score (nSPS) is 34.9. The molecule has 0 aromatic rings. The highest BCUT2D eigenvalue weighted by Gasteiger charge is 2.31. The van der Waals surface area contributed by atoms with Crippen LogP contribution in [-0.2, 0) is 14.3 Å². The lowest BCUT2D eigenvalue weighted by Crippen LogP contribution is -2.50. The van der Waals surface area contributed by atoms with Crippen LogP contribution in [0, 0.1) is 0 Å². The van der Waals surface area contributed by atoms with E-state index in [2.05, 4.69) is 10.6 Å². The summed E-state index contributed by atoms with van der Waals surface area (Å²) in [5, 5.41) is 6.04. The zero-order valence-electron chi connectivity index (χ0n) is 9.75. The monoisotopic (exact) mass is 228 g/mol. The van der Waals surface area contributed by atoms with Crippen molar-refractivity contribution < 1.29 is 14.3 Å². The number of hydrogen-bond acceptors (Lipinski definition) is 4. The molecule has 5 heteroatoms. The first kappa shape index (κ1) is 11.8. The SMILES string of the molecule is CC1(CNC(=O)C2CNCCO2)CCCO1. The van der Waals surface area contributed by atoms with Gasteiger partial charge in [-0.05, 0) is 19.8 Å². The largest absolute Gasteiger partial charge is 0.373 e. The maximum atomic E-state index is 11.8. The van der Waals surface area contributed by atoms with Crippen molar-refractivity contribution in [1.29, 1.82) is 0 Å². The van der Waals surface area contributed by atoms with Crippen molar-refractivity contribution in [2.75, 3.05) is 32.8 Å². The Bertz CT molecular complexity index is 246. The molecule has 2 unspecified atom stereocenters. The summed E-state index contributed by atoms with van der Waals surface area (Å²) in [6, 6.07) is 0. The molecule has 0 radical (unpaired) electrons. The van der Waals surface area contributed by atoms with Crippen LogP contribution in [0.2, 0.25) is 0 Å². The highest BCUT2D eigenvalue weighted by Crippen LogP contribution is 2.23. The molecule has 2 aliphatic heterocycles. The number of carbonyl (C=O) groups excluding carboxylic acids is 1. The summed E-state index contributed by atoms with van der Waals surface area (Å²) < 4.78 is 11.0. The lowest BCUT2D eigenvalue weighted by molar-refractivity contribution is -0.135. The molecule has 2 fully saturated rings. The Morgan fingerprint density at radius 1 is 1.56 bits per heavy atom. The Morgan fingerprint density at radius 3 is 3.06 bits per heavy atom. The van der Waals surface area contributed by atoms with Crippen molar-refractivity contribution in [2.24, 2.45) is 0 Å². The molecule has 1 amide bonds. The molecular weight excluding hydrogens is 208 g/mol. The van der Waals surface area contributed by atoms with Gasteiger partial charge in [0.2, 0.25) is 0 Å². The lowest BCUT2D eigenvalue weighted by Gasteiger charge is -2.27. The summed E-state index contributed by atoms with van der Waals surface area (Å²) in [4.78, 5) is 11.8. The summed E-state index contributed by atoms with van der Waals surface area (Å²) in [5.41, 5.74) is -0.183. The van der Waals surface area contributed by atoms with Crippen LogP contribution in [-0.4, -0.2) is 50.5 Å². The Balaban J connectivity index is 1.74. The van der Waals surface area contributed by atoms with E-state index in [1.807, 2.05) is 6.92 Å². The Hall–Kier alpha value is -0.650. The topological polar surface area (TPSA) is 59.6 Å². The Kier molecular flexibility index (Phi) is 3.78. The second-order valence-corrected chi connectivity index (χ2v) is 4.68. The zero-order chi connectivity index (χ0) is 11.4. The fourth-order valence-corrected chi connectivity index (χ4v) is 2.10. The van der Waals surface area contributed by atoms with E-state index in [9.17, 15) is 4.79 Å². The Labute approximate surface area is 95.9 Å². The Morgan fingerprint density at radius 2 is 2.44 bits per heavy atom. The molecule has 2 N–H and O–H groups in total. The van der Waals surface area contributed by atoms with E-state index in [1.165, 1.54) is 0 Å². The van der Waals surface area contributed by atoms with Crippen LogP contribution >= 0.6 is 0 Å². The number of amides is 1. The summed E-state index contributed by atoms with van der Waals surface area (Å²) in [6.07, 6.45) is 1.74. The second kappa shape index (κ2) is 5.12. The van der Waals surface area contributed by atoms with Gasteiger partial charge in [0.25, 0.3) is 5.91 Å². The fraction of sp³-hybridized carbons (Fsp3) is 0.909. The van der Waals surface area contributed by atoms with E-state index in [0.29, 0.717) is 19.7 Å². The van der Waals surface area contributed by atoms with Crippen LogP contribution in [0.4, 0.5) is 0 Å². The van der Waals surface area contributed by atoms with Crippen LogP contribution in [0.5, 0.6) is 0 Å². The maximum Gasteiger partial charge on any atom is 0.250 e. The summed E-state index contributed by atoms with van der Waals surface area (Å²) in [6.45, 7) is 5.44. The molecule has 0 aromatic heterocycles. The lowest BCUT2D eigenvalue weighted by atomic mass is 10.0. The van der Waals surface area contributed by atoms with Gasteiger partial charge in [-0.25, -0.2) is 0 Å². The van der Waals surface area contributed by atoms with Gasteiger partial charge in [0.05, 0.1) is 12.2 Å². The van der Waals surface area contributed by atoms with E-state index >= 15 is 0 Å². The van der Waals surface area contributed by atoms with Gasteiger partial charge in [0, 0.05) is 26.2 Å². The van der Waals surface area contributed by atoms with Crippen LogP contribution in [0.25, 0.3) is 0 Å². The molecule has 0 aliphatic carbocycles. The number of hydrogen-bond donors (Lipinski definition) is 2. The zero-order valence-corrected chi connectivity index (χ0v) is 9.75. The number of ether oxygens (including phenoxy) is 2. The third-order valence-corrected chi connectivity index (χ3v) is 3.16. The molecule has 2 aliphatic rings. The third kappa shape index (κ3) is 2.93. The molecule has 92 valence electrons. The first-order chi connectivity index (χ1) is 7.70. The highest BCUT2D eigenvalue weighted by atomic mass is 16.5. The average Bonchev–Trinajstić information content (AvgIpc) is 2.75. The molecule has 0 saturated carbocycles. The molecule has 0 bridgehead atoms. The van der Waals surface area contributed by atoms with Crippen molar-refractivity contribution in [3.63, 3.8) is 0 Å². The maximum absolute atomic E-state index is 11.8. The van der Waals surface area contributed by atoms with E-state index in [1.54, 1.807) is 0 Å². The number of carbonyl (C=O) groups is 1. The fourth-order valence-electron chi connectivity index (χ4n) is 2.10. The predicted molar refractivity (Wildman–Crippen MR) is 59.2 cm³/mol. The van der Waals surface area contributed by atoms with Gasteiger partial charge in [-0.1, -0.05) is 0 Å². The average molecular weight is 228 g/mol. The molecule has 2 atom stereocenters. The van der Waals surface area contributed by atoms with Gasteiger partial charge in [0.15, 0.2) is 0 Å². The minimum atomic E-state index is -0.348. The predicted octanol–water partition coefficient (Wildman–Crippen LogP) is -0.340. The van der Waals surface area contributed by atoms with Gasteiger partial charge in [-0.15, -0.1) is 0 Å². The van der Waals surface area contributed by atoms with Crippen molar-refractivity contribution in [3.8, 4) is 0 Å². The smallest absolute Gasteiger partial charge is 0.250 e. The molecule has 0 aromatic carbocycles. The van der Waals surface area contributed by atoms with Gasteiger partial charge in [-0.3, -0.25) is 4.79 Å². The van der Waals surface area contributed by atoms with Crippen molar-refractivity contribution in [1.82, 2.24) is 10.6 Å². The third-order valence-electron chi connectivity index (χ3n) is 3.16. The van der Waals surface area contributed by atoms with E-state index in [4.69, 9.17) is 9.47 Å². The van der Waals surface area contributed by atoms with Crippen LogP contribution < -0.4 is 10.6 Å². The molecule has 0 spiro atoms.